The molecule has 1 unspecified atom stereocenters. The van der Waals surface area contributed by atoms with E-state index in [4.69, 9.17) is 4.74 Å². The van der Waals surface area contributed by atoms with Crippen molar-refractivity contribution < 1.29 is 14.2 Å². The number of hydrogen-bond donors (Lipinski definition) is 1. The monoisotopic (exact) mass is 260 g/mol. The van der Waals surface area contributed by atoms with Crippen LogP contribution in [0.1, 0.15) is 28.4 Å². The molecular weight excluding hydrogens is 243 g/mol. The number of rotatable bonds is 3. The second-order valence-corrected chi connectivity index (χ2v) is 4.72. The van der Waals surface area contributed by atoms with E-state index < -0.39 is 11.9 Å². The predicted octanol–water partition coefficient (Wildman–Crippen LogP) is 3.53. The molecule has 2 aromatic rings. The minimum absolute atomic E-state index is 0.177. The van der Waals surface area contributed by atoms with E-state index in [-0.39, 0.29) is 5.75 Å². The van der Waals surface area contributed by atoms with E-state index in [0.29, 0.717) is 5.56 Å². The Labute approximate surface area is 112 Å². The Morgan fingerprint density at radius 2 is 1.63 bits per heavy atom. The Kier molecular flexibility index (Phi) is 3.86. The number of aliphatic hydroxyl groups excluding tert-OH is 1. The summed E-state index contributed by atoms with van der Waals surface area (Å²) in [6.07, 6.45) is -0.834. The van der Waals surface area contributed by atoms with Crippen molar-refractivity contribution >= 4 is 0 Å². The van der Waals surface area contributed by atoms with Gasteiger partial charge in [-0.2, -0.15) is 0 Å². The van der Waals surface area contributed by atoms with Crippen LogP contribution in [-0.4, -0.2) is 12.2 Å². The smallest absolute Gasteiger partial charge is 0.165 e. The summed E-state index contributed by atoms with van der Waals surface area (Å²) in [7, 11) is 1.42. The van der Waals surface area contributed by atoms with Crippen LogP contribution in [0.3, 0.4) is 0 Å². The Balaban J connectivity index is 2.38. The van der Waals surface area contributed by atoms with E-state index in [1.165, 1.54) is 19.2 Å². The summed E-state index contributed by atoms with van der Waals surface area (Å²) in [5, 5.41) is 10.3. The summed E-state index contributed by atoms with van der Waals surface area (Å²) in [6.45, 7) is 3.94. The molecule has 100 valence electrons. The second kappa shape index (κ2) is 5.41. The maximum Gasteiger partial charge on any atom is 0.165 e. The SMILES string of the molecule is COc1ccc(C(O)c2cc(C)cc(C)c2)cc1F. The van der Waals surface area contributed by atoms with Gasteiger partial charge in [0.2, 0.25) is 0 Å². The Morgan fingerprint density at radius 3 is 2.16 bits per heavy atom. The van der Waals surface area contributed by atoms with Gasteiger partial charge in [-0.1, -0.05) is 35.4 Å². The summed E-state index contributed by atoms with van der Waals surface area (Å²) in [5.41, 5.74) is 3.43. The molecule has 0 fully saturated rings. The van der Waals surface area contributed by atoms with Crippen molar-refractivity contribution in [3.63, 3.8) is 0 Å². The first-order valence-corrected chi connectivity index (χ1v) is 6.11. The van der Waals surface area contributed by atoms with Gasteiger partial charge in [0, 0.05) is 0 Å². The highest BCUT2D eigenvalue weighted by Crippen LogP contribution is 2.27. The fraction of sp³-hybridized carbons (Fsp3) is 0.250. The third kappa shape index (κ3) is 2.93. The molecule has 19 heavy (non-hydrogen) atoms. The van der Waals surface area contributed by atoms with Crippen molar-refractivity contribution in [2.45, 2.75) is 20.0 Å². The maximum atomic E-state index is 13.6. The van der Waals surface area contributed by atoms with Crippen molar-refractivity contribution in [1.82, 2.24) is 0 Å². The number of aryl methyl sites for hydroxylation is 2. The average Bonchev–Trinajstić information content (AvgIpc) is 2.36. The lowest BCUT2D eigenvalue weighted by Crippen LogP contribution is -2.02. The molecule has 3 heteroatoms. The van der Waals surface area contributed by atoms with Crippen LogP contribution in [-0.2, 0) is 0 Å². The molecule has 0 aliphatic heterocycles. The molecule has 0 bridgehead atoms. The molecule has 2 rings (SSSR count). The zero-order chi connectivity index (χ0) is 14.0. The molecule has 0 aliphatic carbocycles. The minimum Gasteiger partial charge on any atom is -0.494 e. The van der Waals surface area contributed by atoms with E-state index >= 15 is 0 Å². The molecule has 0 aliphatic rings. The molecule has 0 radical (unpaired) electrons. The zero-order valence-corrected chi connectivity index (χ0v) is 11.3. The maximum absolute atomic E-state index is 13.6. The van der Waals surface area contributed by atoms with E-state index in [2.05, 4.69) is 0 Å². The number of halogens is 1. The standard InChI is InChI=1S/C16H17FO2/c1-10-6-11(2)8-13(7-10)16(18)12-4-5-15(19-3)14(17)9-12/h4-9,16,18H,1-3H3. The molecule has 0 heterocycles. The highest BCUT2D eigenvalue weighted by Gasteiger charge is 2.13. The highest BCUT2D eigenvalue weighted by molar-refractivity contribution is 5.38. The molecule has 1 atom stereocenters. The molecular formula is C16H17FO2. The van der Waals surface area contributed by atoms with Gasteiger partial charge in [-0.3, -0.25) is 0 Å². The van der Waals surface area contributed by atoms with Gasteiger partial charge < -0.3 is 9.84 Å². The fourth-order valence-corrected chi connectivity index (χ4v) is 2.21. The molecule has 2 nitrogen and oxygen atoms in total. The Hall–Kier alpha value is -1.87. The van der Waals surface area contributed by atoms with Crippen LogP contribution in [0.5, 0.6) is 5.75 Å². The van der Waals surface area contributed by atoms with E-state index in [1.54, 1.807) is 6.07 Å². The number of benzene rings is 2. The third-order valence-corrected chi connectivity index (χ3v) is 3.05. The Morgan fingerprint density at radius 1 is 1.00 bits per heavy atom. The average molecular weight is 260 g/mol. The third-order valence-electron chi connectivity index (χ3n) is 3.05. The predicted molar refractivity (Wildman–Crippen MR) is 72.9 cm³/mol. The molecule has 0 spiro atoms. The van der Waals surface area contributed by atoms with Crippen LogP contribution in [0.2, 0.25) is 0 Å². The van der Waals surface area contributed by atoms with E-state index in [1.807, 2.05) is 32.0 Å². The van der Waals surface area contributed by atoms with Crippen LogP contribution in [0.25, 0.3) is 0 Å². The van der Waals surface area contributed by atoms with Gasteiger partial charge in [-0.25, -0.2) is 4.39 Å². The fourth-order valence-electron chi connectivity index (χ4n) is 2.21. The van der Waals surface area contributed by atoms with Crippen molar-refractivity contribution in [2.75, 3.05) is 7.11 Å². The molecule has 0 aromatic heterocycles. The summed E-state index contributed by atoms with van der Waals surface area (Å²) < 4.78 is 18.5. The molecule has 0 saturated carbocycles. The van der Waals surface area contributed by atoms with Gasteiger partial charge >= 0.3 is 0 Å². The van der Waals surface area contributed by atoms with Gasteiger partial charge in [0.1, 0.15) is 6.10 Å². The van der Waals surface area contributed by atoms with Gasteiger partial charge in [-0.15, -0.1) is 0 Å². The first-order valence-electron chi connectivity index (χ1n) is 6.11. The second-order valence-electron chi connectivity index (χ2n) is 4.72. The largest absolute Gasteiger partial charge is 0.494 e. The van der Waals surface area contributed by atoms with Crippen LogP contribution in [0.15, 0.2) is 36.4 Å². The van der Waals surface area contributed by atoms with E-state index in [0.717, 1.165) is 16.7 Å². The van der Waals surface area contributed by atoms with Crippen LogP contribution in [0, 0.1) is 19.7 Å². The highest BCUT2D eigenvalue weighted by atomic mass is 19.1. The summed E-state index contributed by atoms with van der Waals surface area (Å²) >= 11 is 0. The molecule has 1 N–H and O–H groups in total. The van der Waals surface area contributed by atoms with Crippen LogP contribution >= 0.6 is 0 Å². The summed E-state index contributed by atoms with van der Waals surface area (Å²) in [4.78, 5) is 0. The van der Waals surface area contributed by atoms with Crippen molar-refractivity contribution in [1.29, 1.82) is 0 Å². The molecule has 0 saturated heterocycles. The first-order chi connectivity index (χ1) is 9.01. The molecule has 2 aromatic carbocycles. The van der Waals surface area contributed by atoms with Crippen LogP contribution in [0.4, 0.5) is 4.39 Å². The van der Waals surface area contributed by atoms with Crippen LogP contribution < -0.4 is 4.74 Å². The minimum atomic E-state index is -0.834. The quantitative estimate of drug-likeness (QED) is 0.914. The summed E-state index contributed by atoms with van der Waals surface area (Å²) in [6, 6.07) is 10.3. The van der Waals surface area contributed by atoms with E-state index in [9.17, 15) is 9.50 Å². The van der Waals surface area contributed by atoms with Crippen molar-refractivity contribution in [2.24, 2.45) is 0 Å². The van der Waals surface area contributed by atoms with Gasteiger partial charge in [0.05, 0.1) is 7.11 Å². The first kappa shape index (κ1) is 13.6. The Bertz CT molecular complexity index is 573. The zero-order valence-electron chi connectivity index (χ0n) is 11.3. The van der Waals surface area contributed by atoms with Crippen molar-refractivity contribution in [3.05, 3.63) is 64.5 Å². The lowest BCUT2D eigenvalue weighted by molar-refractivity contribution is 0.219. The number of ether oxygens (including phenoxy) is 1. The normalized spacial score (nSPS) is 12.3. The van der Waals surface area contributed by atoms with Gasteiger partial charge in [0.15, 0.2) is 11.6 Å². The number of hydrogen-bond acceptors (Lipinski definition) is 2. The summed E-state index contributed by atoms with van der Waals surface area (Å²) in [5.74, 6) is -0.292. The molecule has 0 amide bonds. The van der Waals surface area contributed by atoms with Gasteiger partial charge in [0.25, 0.3) is 0 Å². The lowest BCUT2D eigenvalue weighted by atomic mass is 9.98. The number of aliphatic hydroxyl groups is 1. The lowest BCUT2D eigenvalue weighted by Gasteiger charge is -2.14. The number of methoxy groups -OCH3 is 1. The van der Waals surface area contributed by atoms with Crippen molar-refractivity contribution in [3.8, 4) is 5.75 Å². The van der Waals surface area contributed by atoms with Gasteiger partial charge in [-0.05, 0) is 37.1 Å². The topological polar surface area (TPSA) is 29.5 Å².